The second-order valence-corrected chi connectivity index (χ2v) is 3.74. The van der Waals surface area contributed by atoms with E-state index in [9.17, 15) is 0 Å². The SMILES string of the molecule is Cn1cc(C(N)CNC2CC2)cn1. The highest BCUT2D eigenvalue weighted by Crippen LogP contribution is 2.19. The van der Waals surface area contributed by atoms with E-state index in [1.54, 1.807) is 4.68 Å². The summed E-state index contributed by atoms with van der Waals surface area (Å²) in [5, 5.41) is 7.49. The molecule has 0 aliphatic heterocycles. The molecule has 72 valence electrons. The first-order valence-electron chi connectivity index (χ1n) is 4.73. The van der Waals surface area contributed by atoms with Crippen LogP contribution >= 0.6 is 0 Å². The van der Waals surface area contributed by atoms with E-state index < -0.39 is 0 Å². The number of nitrogens with two attached hydrogens (primary N) is 1. The Hall–Kier alpha value is -0.870. The number of nitrogens with one attached hydrogen (secondary N) is 1. The van der Waals surface area contributed by atoms with Gasteiger partial charge in [0.2, 0.25) is 0 Å². The van der Waals surface area contributed by atoms with E-state index in [1.807, 2.05) is 19.4 Å². The maximum Gasteiger partial charge on any atom is 0.0537 e. The van der Waals surface area contributed by atoms with Crippen molar-refractivity contribution >= 4 is 0 Å². The molecule has 0 spiro atoms. The summed E-state index contributed by atoms with van der Waals surface area (Å²) in [6, 6.07) is 0.803. The van der Waals surface area contributed by atoms with Crippen molar-refractivity contribution < 1.29 is 0 Å². The molecular formula is C9H16N4. The zero-order chi connectivity index (χ0) is 9.26. The van der Waals surface area contributed by atoms with Crippen molar-refractivity contribution in [1.82, 2.24) is 15.1 Å². The number of rotatable bonds is 4. The molecule has 0 bridgehead atoms. The van der Waals surface area contributed by atoms with Crippen molar-refractivity contribution in [3.63, 3.8) is 0 Å². The van der Waals surface area contributed by atoms with Crippen LogP contribution in [0, 0.1) is 0 Å². The van der Waals surface area contributed by atoms with E-state index in [0.29, 0.717) is 0 Å². The van der Waals surface area contributed by atoms with E-state index in [-0.39, 0.29) is 6.04 Å². The summed E-state index contributed by atoms with van der Waals surface area (Å²) >= 11 is 0. The predicted octanol–water partition coefficient (Wildman–Crippen LogP) is 0.172. The van der Waals surface area contributed by atoms with Crippen molar-refractivity contribution in [2.75, 3.05) is 6.54 Å². The molecule has 1 aliphatic carbocycles. The van der Waals surface area contributed by atoms with E-state index in [0.717, 1.165) is 18.2 Å². The molecule has 1 aromatic rings. The molecule has 1 heterocycles. The van der Waals surface area contributed by atoms with Gasteiger partial charge in [-0.15, -0.1) is 0 Å². The molecule has 0 saturated heterocycles. The highest BCUT2D eigenvalue weighted by Gasteiger charge is 2.21. The minimum atomic E-state index is 0.0781. The van der Waals surface area contributed by atoms with Crippen LogP contribution in [0.4, 0.5) is 0 Å². The second kappa shape index (κ2) is 3.47. The van der Waals surface area contributed by atoms with Gasteiger partial charge in [-0.05, 0) is 12.8 Å². The summed E-state index contributed by atoms with van der Waals surface area (Å²) in [6.07, 6.45) is 6.41. The zero-order valence-electron chi connectivity index (χ0n) is 7.90. The maximum absolute atomic E-state index is 5.97. The Kier molecular flexibility index (Phi) is 2.33. The van der Waals surface area contributed by atoms with Crippen LogP contribution in [0.1, 0.15) is 24.4 Å². The normalized spacial score (nSPS) is 18.9. The molecule has 3 N–H and O–H groups in total. The van der Waals surface area contributed by atoms with E-state index >= 15 is 0 Å². The molecule has 1 saturated carbocycles. The Balaban J connectivity index is 1.84. The minimum absolute atomic E-state index is 0.0781. The molecule has 4 nitrogen and oxygen atoms in total. The van der Waals surface area contributed by atoms with Crippen LogP contribution < -0.4 is 11.1 Å². The molecule has 1 aromatic heterocycles. The fourth-order valence-electron chi connectivity index (χ4n) is 1.33. The lowest BCUT2D eigenvalue weighted by Crippen LogP contribution is -2.28. The van der Waals surface area contributed by atoms with Gasteiger partial charge in [0.05, 0.1) is 6.20 Å². The van der Waals surface area contributed by atoms with Gasteiger partial charge < -0.3 is 11.1 Å². The van der Waals surface area contributed by atoms with E-state index in [4.69, 9.17) is 5.73 Å². The number of hydrogen-bond acceptors (Lipinski definition) is 3. The first-order chi connectivity index (χ1) is 6.25. The Labute approximate surface area is 78.1 Å². The first-order valence-corrected chi connectivity index (χ1v) is 4.73. The molecule has 0 radical (unpaired) electrons. The van der Waals surface area contributed by atoms with Crippen LogP contribution in [0.15, 0.2) is 12.4 Å². The lowest BCUT2D eigenvalue weighted by molar-refractivity contribution is 0.594. The predicted molar refractivity (Wildman–Crippen MR) is 51.2 cm³/mol. The lowest BCUT2D eigenvalue weighted by atomic mass is 10.2. The summed E-state index contributed by atoms with van der Waals surface area (Å²) in [6.45, 7) is 0.857. The molecule has 1 aliphatic rings. The third-order valence-corrected chi connectivity index (χ3v) is 2.36. The molecular weight excluding hydrogens is 164 g/mol. The largest absolute Gasteiger partial charge is 0.323 e. The second-order valence-electron chi connectivity index (χ2n) is 3.74. The topological polar surface area (TPSA) is 55.9 Å². The third kappa shape index (κ3) is 2.29. The van der Waals surface area contributed by atoms with Crippen LogP contribution in [0.2, 0.25) is 0 Å². The summed E-state index contributed by atoms with van der Waals surface area (Å²) in [4.78, 5) is 0. The van der Waals surface area contributed by atoms with Gasteiger partial charge in [0.25, 0.3) is 0 Å². The highest BCUT2D eigenvalue weighted by atomic mass is 15.2. The van der Waals surface area contributed by atoms with Crippen molar-refractivity contribution in [1.29, 1.82) is 0 Å². The van der Waals surface area contributed by atoms with Gasteiger partial charge in [-0.2, -0.15) is 5.10 Å². The fraction of sp³-hybridized carbons (Fsp3) is 0.667. The maximum atomic E-state index is 5.97. The van der Waals surface area contributed by atoms with Gasteiger partial charge in [0, 0.05) is 37.4 Å². The molecule has 1 atom stereocenters. The minimum Gasteiger partial charge on any atom is -0.323 e. The fourth-order valence-corrected chi connectivity index (χ4v) is 1.33. The van der Waals surface area contributed by atoms with Gasteiger partial charge in [-0.3, -0.25) is 4.68 Å². The monoisotopic (exact) mass is 180 g/mol. The van der Waals surface area contributed by atoms with Crippen molar-refractivity contribution in [3.8, 4) is 0 Å². The van der Waals surface area contributed by atoms with Crippen molar-refractivity contribution in [3.05, 3.63) is 18.0 Å². The quantitative estimate of drug-likeness (QED) is 0.694. The van der Waals surface area contributed by atoms with Crippen molar-refractivity contribution in [2.24, 2.45) is 12.8 Å². The molecule has 4 heteroatoms. The van der Waals surface area contributed by atoms with Crippen LogP contribution in [0.3, 0.4) is 0 Å². The molecule has 1 fully saturated rings. The highest BCUT2D eigenvalue weighted by molar-refractivity contribution is 5.10. The number of aromatic nitrogens is 2. The Morgan fingerprint density at radius 3 is 3.08 bits per heavy atom. The lowest BCUT2D eigenvalue weighted by Gasteiger charge is -2.09. The van der Waals surface area contributed by atoms with E-state index in [2.05, 4.69) is 10.4 Å². The van der Waals surface area contributed by atoms with Crippen molar-refractivity contribution in [2.45, 2.75) is 24.9 Å². The van der Waals surface area contributed by atoms with Crippen LogP contribution in [0.5, 0.6) is 0 Å². The average molecular weight is 180 g/mol. The Bertz CT molecular complexity index is 277. The number of aryl methyl sites for hydroxylation is 1. The molecule has 1 unspecified atom stereocenters. The van der Waals surface area contributed by atoms with Crippen LogP contribution in [-0.2, 0) is 7.05 Å². The molecule has 0 aromatic carbocycles. The summed E-state index contributed by atoms with van der Waals surface area (Å²) in [5.41, 5.74) is 7.08. The third-order valence-electron chi connectivity index (χ3n) is 2.36. The average Bonchev–Trinajstić information content (AvgIpc) is 2.84. The smallest absolute Gasteiger partial charge is 0.0537 e. The Morgan fingerprint density at radius 2 is 2.54 bits per heavy atom. The van der Waals surface area contributed by atoms with Crippen LogP contribution in [0.25, 0.3) is 0 Å². The summed E-state index contributed by atoms with van der Waals surface area (Å²) in [5.74, 6) is 0. The first kappa shape index (κ1) is 8.72. The molecule has 0 amide bonds. The van der Waals surface area contributed by atoms with E-state index in [1.165, 1.54) is 12.8 Å². The summed E-state index contributed by atoms with van der Waals surface area (Å²) < 4.78 is 1.78. The van der Waals surface area contributed by atoms with Gasteiger partial charge in [-0.1, -0.05) is 0 Å². The van der Waals surface area contributed by atoms with Gasteiger partial charge in [0.15, 0.2) is 0 Å². The van der Waals surface area contributed by atoms with Crippen LogP contribution in [-0.4, -0.2) is 22.4 Å². The summed E-state index contributed by atoms with van der Waals surface area (Å²) in [7, 11) is 1.91. The van der Waals surface area contributed by atoms with Gasteiger partial charge in [0.1, 0.15) is 0 Å². The zero-order valence-corrected chi connectivity index (χ0v) is 7.90. The number of hydrogen-bond donors (Lipinski definition) is 2. The standard InChI is InChI=1S/C9H16N4/c1-13-6-7(4-12-13)9(10)5-11-8-2-3-8/h4,6,8-9,11H,2-3,5,10H2,1H3. The molecule has 13 heavy (non-hydrogen) atoms. The number of nitrogens with zero attached hydrogens (tertiary/aromatic N) is 2. The van der Waals surface area contributed by atoms with Gasteiger partial charge in [-0.25, -0.2) is 0 Å². The molecule has 2 rings (SSSR count). The van der Waals surface area contributed by atoms with Gasteiger partial charge >= 0.3 is 0 Å². The Morgan fingerprint density at radius 1 is 1.77 bits per heavy atom.